The minimum Gasteiger partial charge on any atom is -0.325 e. The summed E-state index contributed by atoms with van der Waals surface area (Å²) in [4.78, 5) is 24.6. The van der Waals surface area contributed by atoms with Gasteiger partial charge in [-0.2, -0.15) is 0 Å². The van der Waals surface area contributed by atoms with Crippen molar-refractivity contribution >= 4 is 18.7 Å². The Hall–Kier alpha value is -1.79. The van der Waals surface area contributed by atoms with Crippen molar-refractivity contribution in [1.82, 2.24) is 19.4 Å². The molecule has 0 bridgehead atoms. The third kappa shape index (κ3) is 3.03. The molecular formula is C16H23N5O. The standard InChI is InChI=1S/C16H23N5O/c1-17-16(22)15-13-12-19(2)10-11-21(13)14(18-15)6-5-9-20-7-3-4-8-20/h5-6H,1,3-4,7-12H2,2H3/b6-5+. The molecule has 0 radical (unpaired) electrons. The molecule has 2 aliphatic rings. The van der Waals surface area contributed by atoms with E-state index >= 15 is 0 Å². The number of imidazole rings is 1. The summed E-state index contributed by atoms with van der Waals surface area (Å²) >= 11 is 0. The van der Waals surface area contributed by atoms with Crippen LogP contribution in [-0.4, -0.2) is 65.2 Å². The number of hydrogen-bond donors (Lipinski definition) is 0. The highest BCUT2D eigenvalue weighted by molar-refractivity contribution is 5.96. The Labute approximate surface area is 131 Å². The van der Waals surface area contributed by atoms with Crippen molar-refractivity contribution in [3.8, 4) is 0 Å². The van der Waals surface area contributed by atoms with Crippen LogP contribution in [0.3, 0.4) is 0 Å². The topological polar surface area (TPSA) is 53.7 Å². The number of rotatable bonds is 4. The summed E-state index contributed by atoms with van der Waals surface area (Å²) < 4.78 is 2.14. The number of aliphatic imine (C=N–C) groups is 1. The highest BCUT2D eigenvalue weighted by atomic mass is 16.1. The number of carbonyl (C=O) groups is 1. The monoisotopic (exact) mass is 301 g/mol. The van der Waals surface area contributed by atoms with Crippen LogP contribution in [0.4, 0.5) is 0 Å². The van der Waals surface area contributed by atoms with Crippen LogP contribution in [0.5, 0.6) is 0 Å². The Kier molecular flexibility index (Phi) is 4.49. The molecule has 0 aliphatic carbocycles. The number of hydrogen-bond acceptors (Lipinski definition) is 4. The molecule has 1 fully saturated rings. The molecule has 1 aromatic heterocycles. The number of carbonyl (C=O) groups excluding carboxylic acids is 1. The van der Waals surface area contributed by atoms with Gasteiger partial charge in [-0.25, -0.2) is 9.98 Å². The Morgan fingerprint density at radius 3 is 2.82 bits per heavy atom. The fraction of sp³-hybridized carbons (Fsp3) is 0.562. The molecule has 6 nitrogen and oxygen atoms in total. The van der Waals surface area contributed by atoms with Crippen molar-refractivity contribution in [1.29, 1.82) is 0 Å². The summed E-state index contributed by atoms with van der Waals surface area (Å²) in [6, 6.07) is 0. The second-order valence-corrected chi connectivity index (χ2v) is 6.03. The highest BCUT2D eigenvalue weighted by Crippen LogP contribution is 2.20. The average Bonchev–Trinajstić information content (AvgIpc) is 3.14. The lowest BCUT2D eigenvalue weighted by atomic mass is 10.2. The Morgan fingerprint density at radius 2 is 2.09 bits per heavy atom. The van der Waals surface area contributed by atoms with Gasteiger partial charge in [0.2, 0.25) is 0 Å². The summed E-state index contributed by atoms with van der Waals surface area (Å²) in [7, 11) is 2.05. The third-order valence-electron chi connectivity index (χ3n) is 4.40. The van der Waals surface area contributed by atoms with Crippen LogP contribution >= 0.6 is 0 Å². The number of aromatic nitrogens is 2. The second kappa shape index (κ2) is 6.54. The molecule has 0 saturated carbocycles. The first-order valence-electron chi connectivity index (χ1n) is 7.87. The van der Waals surface area contributed by atoms with Gasteiger partial charge >= 0.3 is 0 Å². The first-order valence-corrected chi connectivity index (χ1v) is 7.87. The average molecular weight is 301 g/mol. The van der Waals surface area contributed by atoms with E-state index in [1.54, 1.807) is 0 Å². The zero-order valence-corrected chi connectivity index (χ0v) is 13.2. The SMILES string of the molecule is C=NC(=O)c1nc(/C=C/CN2CCCC2)n2c1CN(C)CC2. The van der Waals surface area contributed by atoms with Crippen LogP contribution in [0.15, 0.2) is 11.1 Å². The molecule has 118 valence electrons. The van der Waals surface area contributed by atoms with E-state index in [2.05, 4.69) is 44.2 Å². The molecule has 0 N–H and O–H groups in total. The van der Waals surface area contributed by atoms with Gasteiger partial charge in [-0.3, -0.25) is 14.6 Å². The van der Waals surface area contributed by atoms with Crippen molar-refractivity contribution in [3.63, 3.8) is 0 Å². The van der Waals surface area contributed by atoms with Crippen molar-refractivity contribution in [2.75, 3.05) is 33.2 Å². The summed E-state index contributed by atoms with van der Waals surface area (Å²) in [5, 5.41) is 0. The van der Waals surface area contributed by atoms with Gasteiger partial charge in [-0.1, -0.05) is 6.08 Å². The fourth-order valence-electron chi connectivity index (χ4n) is 3.17. The van der Waals surface area contributed by atoms with Gasteiger partial charge in [-0.05, 0) is 45.8 Å². The molecule has 22 heavy (non-hydrogen) atoms. The lowest BCUT2D eigenvalue weighted by Gasteiger charge is -2.25. The third-order valence-corrected chi connectivity index (χ3v) is 4.40. The molecule has 0 aromatic carbocycles. The van der Waals surface area contributed by atoms with E-state index < -0.39 is 0 Å². The Morgan fingerprint density at radius 1 is 1.32 bits per heavy atom. The lowest BCUT2D eigenvalue weighted by Crippen LogP contribution is -2.31. The van der Waals surface area contributed by atoms with Gasteiger partial charge < -0.3 is 4.57 Å². The Balaban J connectivity index is 1.82. The van der Waals surface area contributed by atoms with Crippen LogP contribution in [0.1, 0.15) is 34.8 Å². The molecule has 1 amide bonds. The predicted octanol–water partition coefficient (Wildman–Crippen LogP) is 1.28. The van der Waals surface area contributed by atoms with Gasteiger partial charge in [0.25, 0.3) is 5.91 Å². The minimum absolute atomic E-state index is 0.335. The fourth-order valence-corrected chi connectivity index (χ4v) is 3.17. The number of amides is 1. The van der Waals surface area contributed by atoms with Gasteiger partial charge in [0.1, 0.15) is 5.82 Å². The summed E-state index contributed by atoms with van der Waals surface area (Å²) in [5.74, 6) is 0.521. The zero-order chi connectivity index (χ0) is 15.5. The molecular weight excluding hydrogens is 278 g/mol. The molecule has 6 heteroatoms. The zero-order valence-electron chi connectivity index (χ0n) is 13.2. The maximum absolute atomic E-state index is 11.9. The van der Waals surface area contributed by atoms with Crippen molar-refractivity contribution in [2.24, 2.45) is 4.99 Å². The molecule has 3 heterocycles. The van der Waals surface area contributed by atoms with E-state index in [9.17, 15) is 4.79 Å². The molecule has 3 rings (SSSR count). The molecule has 0 spiro atoms. The quantitative estimate of drug-likeness (QED) is 0.786. The van der Waals surface area contributed by atoms with E-state index in [0.717, 1.165) is 37.7 Å². The normalized spacial score (nSPS) is 19.7. The number of nitrogens with zero attached hydrogens (tertiary/aromatic N) is 5. The van der Waals surface area contributed by atoms with Gasteiger partial charge in [0.15, 0.2) is 5.69 Å². The first kappa shape index (κ1) is 15.1. The lowest BCUT2D eigenvalue weighted by molar-refractivity contribution is 0.0996. The maximum atomic E-state index is 11.9. The molecule has 2 aliphatic heterocycles. The van der Waals surface area contributed by atoms with Crippen LogP contribution in [0, 0.1) is 0 Å². The maximum Gasteiger partial charge on any atom is 0.296 e. The number of likely N-dealkylation sites (tertiary alicyclic amines) is 1. The first-order chi connectivity index (χ1) is 10.7. The number of likely N-dealkylation sites (N-methyl/N-ethyl adjacent to an activating group) is 1. The van der Waals surface area contributed by atoms with Crippen LogP contribution in [0.2, 0.25) is 0 Å². The summed E-state index contributed by atoms with van der Waals surface area (Å²) in [5.41, 5.74) is 1.40. The molecule has 0 unspecified atom stereocenters. The molecule has 1 saturated heterocycles. The van der Waals surface area contributed by atoms with Crippen molar-refractivity contribution in [3.05, 3.63) is 23.3 Å². The van der Waals surface area contributed by atoms with Crippen LogP contribution in [0.25, 0.3) is 6.08 Å². The van der Waals surface area contributed by atoms with Crippen molar-refractivity contribution in [2.45, 2.75) is 25.9 Å². The van der Waals surface area contributed by atoms with E-state index in [1.807, 2.05) is 6.08 Å². The smallest absolute Gasteiger partial charge is 0.296 e. The Bertz CT molecular complexity index is 598. The van der Waals surface area contributed by atoms with E-state index in [4.69, 9.17) is 0 Å². The second-order valence-electron chi connectivity index (χ2n) is 6.03. The van der Waals surface area contributed by atoms with E-state index in [-0.39, 0.29) is 5.91 Å². The highest BCUT2D eigenvalue weighted by Gasteiger charge is 2.24. The summed E-state index contributed by atoms with van der Waals surface area (Å²) in [6.07, 6.45) is 6.77. The molecule has 1 aromatic rings. The largest absolute Gasteiger partial charge is 0.325 e. The molecule has 0 atom stereocenters. The van der Waals surface area contributed by atoms with Gasteiger partial charge in [-0.15, -0.1) is 0 Å². The van der Waals surface area contributed by atoms with Gasteiger partial charge in [0, 0.05) is 26.2 Å². The minimum atomic E-state index is -0.335. The van der Waals surface area contributed by atoms with Crippen molar-refractivity contribution < 1.29 is 4.79 Å². The van der Waals surface area contributed by atoms with E-state index in [1.165, 1.54) is 25.9 Å². The summed E-state index contributed by atoms with van der Waals surface area (Å²) in [6.45, 7) is 9.19. The van der Waals surface area contributed by atoms with Crippen LogP contribution in [-0.2, 0) is 13.1 Å². The van der Waals surface area contributed by atoms with Crippen LogP contribution < -0.4 is 0 Å². The van der Waals surface area contributed by atoms with Gasteiger partial charge in [0.05, 0.1) is 5.69 Å². The number of fused-ring (bicyclic) bond motifs is 1. The predicted molar refractivity (Wildman–Crippen MR) is 87.1 cm³/mol. The van der Waals surface area contributed by atoms with E-state index in [0.29, 0.717) is 5.69 Å².